The van der Waals surface area contributed by atoms with Gasteiger partial charge < -0.3 is 15.4 Å². The number of hydrogen-bond acceptors (Lipinski definition) is 6. The number of anilines is 3. The Morgan fingerprint density at radius 3 is 2.61 bits per heavy atom. The van der Waals surface area contributed by atoms with E-state index in [-0.39, 0.29) is 23.7 Å². The van der Waals surface area contributed by atoms with Crippen LogP contribution in [-0.4, -0.2) is 29.1 Å². The van der Waals surface area contributed by atoms with Gasteiger partial charge in [-0.3, -0.25) is 0 Å². The predicted molar refractivity (Wildman–Crippen MR) is 65.3 cm³/mol. The maximum absolute atomic E-state index is 13.6. The van der Waals surface area contributed by atoms with E-state index < -0.39 is 0 Å². The first-order valence-electron chi connectivity index (χ1n) is 5.15. The molecule has 0 atom stereocenters. The van der Waals surface area contributed by atoms with Gasteiger partial charge in [0.25, 0.3) is 0 Å². The lowest BCUT2D eigenvalue weighted by atomic mass is 10.3. The highest BCUT2D eigenvalue weighted by molar-refractivity contribution is 5.57. The third kappa shape index (κ3) is 2.29. The molecule has 0 unspecified atom stereocenters. The van der Waals surface area contributed by atoms with Gasteiger partial charge in [-0.2, -0.15) is 15.0 Å². The van der Waals surface area contributed by atoms with E-state index in [0.29, 0.717) is 5.69 Å². The average molecular weight is 249 g/mol. The summed E-state index contributed by atoms with van der Waals surface area (Å²) in [5, 5.41) is 0. The second kappa shape index (κ2) is 4.82. The molecular formula is C11H12FN5O. The summed E-state index contributed by atoms with van der Waals surface area (Å²) in [5.41, 5.74) is 5.86. The fourth-order valence-corrected chi connectivity index (χ4v) is 1.43. The lowest BCUT2D eigenvalue weighted by molar-refractivity contribution is 0.379. The molecule has 0 amide bonds. The summed E-state index contributed by atoms with van der Waals surface area (Å²) in [6, 6.07) is 6.38. The van der Waals surface area contributed by atoms with Crippen LogP contribution in [0.3, 0.4) is 0 Å². The number of ether oxygens (including phenoxy) is 1. The highest BCUT2D eigenvalue weighted by atomic mass is 19.1. The molecule has 1 aromatic heterocycles. The lowest BCUT2D eigenvalue weighted by Gasteiger charge is -2.17. The average Bonchev–Trinajstić information content (AvgIpc) is 2.37. The first-order valence-corrected chi connectivity index (χ1v) is 5.15. The van der Waals surface area contributed by atoms with Crippen LogP contribution in [0.4, 0.5) is 22.0 Å². The topological polar surface area (TPSA) is 77.2 Å². The molecule has 0 radical (unpaired) electrons. The molecule has 1 aromatic carbocycles. The van der Waals surface area contributed by atoms with Crippen molar-refractivity contribution in [2.24, 2.45) is 0 Å². The predicted octanol–water partition coefficient (Wildman–Crippen LogP) is 1.37. The summed E-state index contributed by atoms with van der Waals surface area (Å²) in [4.78, 5) is 13.2. The van der Waals surface area contributed by atoms with E-state index in [0.717, 1.165) is 0 Å². The van der Waals surface area contributed by atoms with Crippen molar-refractivity contribution in [1.29, 1.82) is 0 Å². The Balaban J connectivity index is 2.43. The van der Waals surface area contributed by atoms with E-state index in [4.69, 9.17) is 10.5 Å². The zero-order valence-electron chi connectivity index (χ0n) is 9.96. The van der Waals surface area contributed by atoms with Crippen LogP contribution in [0, 0.1) is 5.82 Å². The Morgan fingerprint density at radius 2 is 1.94 bits per heavy atom. The molecule has 6 nitrogen and oxygen atoms in total. The van der Waals surface area contributed by atoms with Gasteiger partial charge in [0.15, 0.2) is 0 Å². The molecule has 0 aliphatic heterocycles. The molecule has 1 heterocycles. The van der Waals surface area contributed by atoms with E-state index in [1.807, 2.05) is 0 Å². The Kier molecular flexibility index (Phi) is 3.22. The van der Waals surface area contributed by atoms with Crippen LogP contribution in [-0.2, 0) is 0 Å². The minimum Gasteiger partial charge on any atom is -0.467 e. The molecule has 2 aromatic rings. The van der Waals surface area contributed by atoms with E-state index in [1.54, 1.807) is 25.2 Å². The van der Waals surface area contributed by atoms with Crippen molar-refractivity contribution in [3.63, 3.8) is 0 Å². The quantitative estimate of drug-likeness (QED) is 0.885. The molecule has 0 aliphatic rings. The lowest BCUT2D eigenvalue weighted by Crippen LogP contribution is -2.16. The third-order valence-electron chi connectivity index (χ3n) is 2.32. The molecule has 94 valence electrons. The SMILES string of the molecule is COc1nc(N)nc(N(C)c2ccccc2F)n1. The first-order chi connectivity index (χ1) is 8.61. The van der Waals surface area contributed by atoms with Crippen LogP contribution in [0.2, 0.25) is 0 Å². The van der Waals surface area contributed by atoms with Gasteiger partial charge in [-0.1, -0.05) is 12.1 Å². The molecule has 0 spiro atoms. The molecule has 0 saturated carbocycles. The van der Waals surface area contributed by atoms with Crippen molar-refractivity contribution in [3.8, 4) is 6.01 Å². The van der Waals surface area contributed by atoms with Gasteiger partial charge in [-0.05, 0) is 12.1 Å². The second-order valence-corrected chi connectivity index (χ2v) is 3.49. The number of nitrogens with zero attached hydrogens (tertiary/aromatic N) is 4. The normalized spacial score (nSPS) is 10.2. The summed E-state index contributed by atoms with van der Waals surface area (Å²) in [5.74, 6) is -0.151. The standard InChI is InChI=1S/C11H12FN5O/c1-17(8-6-4-3-5-7(8)12)10-14-9(13)15-11(16-10)18-2/h3-6H,1-2H3,(H2,13,14,15,16). The number of hydrogen-bond donors (Lipinski definition) is 1. The Morgan fingerprint density at radius 1 is 1.22 bits per heavy atom. The number of aromatic nitrogens is 3. The van der Waals surface area contributed by atoms with Crippen molar-refractivity contribution in [3.05, 3.63) is 30.1 Å². The summed E-state index contributed by atoms with van der Waals surface area (Å²) in [6.45, 7) is 0. The summed E-state index contributed by atoms with van der Waals surface area (Å²) in [7, 11) is 3.05. The van der Waals surface area contributed by atoms with Gasteiger partial charge in [0.2, 0.25) is 11.9 Å². The van der Waals surface area contributed by atoms with Gasteiger partial charge in [-0.15, -0.1) is 0 Å². The fourth-order valence-electron chi connectivity index (χ4n) is 1.43. The van der Waals surface area contributed by atoms with E-state index >= 15 is 0 Å². The largest absolute Gasteiger partial charge is 0.467 e. The third-order valence-corrected chi connectivity index (χ3v) is 2.32. The monoisotopic (exact) mass is 249 g/mol. The van der Waals surface area contributed by atoms with Gasteiger partial charge >= 0.3 is 6.01 Å². The van der Waals surface area contributed by atoms with Crippen molar-refractivity contribution in [1.82, 2.24) is 15.0 Å². The van der Waals surface area contributed by atoms with Crippen LogP contribution in [0.15, 0.2) is 24.3 Å². The molecule has 0 saturated heterocycles. The molecule has 7 heteroatoms. The number of nitrogens with two attached hydrogens (primary N) is 1. The second-order valence-electron chi connectivity index (χ2n) is 3.49. The van der Waals surface area contributed by atoms with Crippen molar-refractivity contribution >= 4 is 17.6 Å². The maximum Gasteiger partial charge on any atom is 0.322 e. The highest BCUT2D eigenvalue weighted by Crippen LogP contribution is 2.24. The Hall–Kier alpha value is -2.44. The number of nitrogen functional groups attached to an aromatic ring is 1. The van der Waals surface area contributed by atoms with Crippen LogP contribution >= 0.6 is 0 Å². The van der Waals surface area contributed by atoms with Crippen LogP contribution in [0.1, 0.15) is 0 Å². The van der Waals surface area contributed by atoms with Crippen molar-refractivity contribution < 1.29 is 9.13 Å². The fraction of sp³-hybridized carbons (Fsp3) is 0.182. The minimum absolute atomic E-state index is 0.0139. The minimum atomic E-state index is -0.377. The van der Waals surface area contributed by atoms with Gasteiger partial charge in [0, 0.05) is 7.05 Å². The molecule has 2 N–H and O–H groups in total. The molecule has 0 aliphatic carbocycles. The molecule has 2 rings (SSSR count). The Labute approximate surface area is 103 Å². The molecular weight excluding hydrogens is 237 g/mol. The zero-order chi connectivity index (χ0) is 13.1. The number of benzene rings is 1. The van der Waals surface area contributed by atoms with Gasteiger partial charge in [0.05, 0.1) is 12.8 Å². The van der Waals surface area contributed by atoms with E-state index in [1.165, 1.54) is 18.1 Å². The zero-order valence-corrected chi connectivity index (χ0v) is 9.96. The number of halogens is 1. The number of methoxy groups -OCH3 is 1. The first kappa shape index (κ1) is 12.0. The van der Waals surface area contributed by atoms with Crippen molar-refractivity contribution in [2.75, 3.05) is 24.8 Å². The number of para-hydroxylation sites is 1. The highest BCUT2D eigenvalue weighted by Gasteiger charge is 2.13. The van der Waals surface area contributed by atoms with Crippen LogP contribution < -0.4 is 15.4 Å². The molecule has 0 bridgehead atoms. The summed E-state index contributed by atoms with van der Waals surface area (Å²) >= 11 is 0. The smallest absolute Gasteiger partial charge is 0.322 e. The maximum atomic E-state index is 13.6. The van der Waals surface area contributed by atoms with Gasteiger partial charge in [0.1, 0.15) is 5.82 Å². The van der Waals surface area contributed by atoms with E-state index in [9.17, 15) is 4.39 Å². The summed E-state index contributed by atoms with van der Waals surface area (Å²) < 4.78 is 18.5. The van der Waals surface area contributed by atoms with Gasteiger partial charge in [-0.25, -0.2) is 4.39 Å². The van der Waals surface area contributed by atoms with Crippen LogP contribution in [0.5, 0.6) is 6.01 Å². The summed E-state index contributed by atoms with van der Waals surface area (Å²) in [6.07, 6.45) is 0. The molecule has 0 fully saturated rings. The number of rotatable bonds is 3. The van der Waals surface area contributed by atoms with E-state index in [2.05, 4.69) is 15.0 Å². The molecule has 18 heavy (non-hydrogen) atoms. The Bertz CT molecular complexity index is 563. The van der Waals surface area contributed by atoms with Crippen molar-refractivity contribution in [2.45, 2.75) is 0 Å². The van der Waals surface area contributed by atoms with Crippen LogP contribution in [0.25, 0.3) is 0 Å².